The van der Waals surface area contributed by atoms with Gasteiger partial charge in [0.2, 0.25) is 0 Å². The Morgan fingerprint density at radius 2 is 1.74 bits per heavy atom. The first-order valence-electron chi connectivity index (χ1n) is 7.47. The van der Waals surface area contributed by atoms with Crippen LogP contribution in [-0.4, -0.2) is 19.6 Å². The van der Waals surface area contributed by atoms with Crippen molar-refractivity contribution in [2.45, 2.75) is 46.0 Å². The van der Waals surface area contributed by atoms with E-state index in [1.807, 2.05) is 6.07 Å². The first-order valence-corrected chi connectivity index (χ1v) is 7.47. The molecular formula is C16H27FN2. The van der Waals surface area contributed by atoms with Crippen LogP contribution >= 0.6 is 0 Å². The lowest BCUT2D eigenvalue weighted by atomic mass is 10.1. The number of unbranched alkanes of at least 4 members (excludes halogenated alkanes) is 2. The fourth-order valence-electron chi connectivity index (χ4n) is 2.30. The molecule has 19 heavy (non-hydrogen) atoms. The summed E-state index contributed by atoms with van der Waals surface area (Å²) in [5, 5.41) is 0. The third-order valence-corrected chi connectivity index (χ3v) is 3.36. The van der Waals surface area contributed by atoms with Gasteiger partial charge in [0, 0.05) is 13.1 Å². The van der Waals surface area contributed by atoms with E-state index in [9.17, 15) is 4.39 Å². The number of halogens is 1. The Kier molecular flexibility index (Phi) is 7.49. The van der Waals surface area contributed by atoms with Crippen LogP contribution in [0.3, 0.4) is 0 Å². The minimum Gasteiger partial charge on any atom is -0.369 e. The molecule has 0 aliphatic rings. The van der Waals surface area contributed by atoms with Gasteiger partial charge >= 0.3 is 0 Å². The van der Waals surface area contributed by atoms with Gasteiger partial charge in [-0.15, -0.1) is 0 Å². The highest BCUT2D eigenvalue weighted by Gasteiger charge is 2.15. The van der Waals surface area contributed by atoms with Crippen LogP contribution in [0, 0.1) is 5.82 Å². The molecule has 0 spiro atoms. The monoisotopic (exact) mass is 266 g/mol. The minimum atomic E-state index is -0.113. The number of rotatable bonds is 9. The van der Waals surface area contributed by atoms with Gasteiger partial charge in [0.05, 0.1) is 5.69 Å². The van der Waals surface area contributed by atoms with Crippen molar-refractivity contribution in [3.8, 4) is 0 Å². The maximum absolute atomic E-state index is 14.2. The lowest BCUT2D eigenvalue weighted by Crippen LogP contribution is -2.28. The van der Waals surface area contributed by atoms with Crippen molar-refractivity contribution in [2.75, 3.05) is 24.5 Å². The van der Waals surface area contributed by atoms with Gasteiger partial charge in [-0.1, -0.05) is 38.8 Å². The van der Waals surface area contributed by atoms with E-state index in [1.54, 1.807) is 12.1 Å². The maximum Gasteiger partial charge on any atom is 0.146 e. The van der Waals surface area contributed by atoms with Crippen LogP contribution in [0.4, 0.5) is 10.1 Å². The molecule has 0 amide bonds. The largest absolute Gasteiger partial charge is 0.369 e. The molecule has 1 rings (SSSR count). The van der Waals surface area contributed by atoms with Crippen LogP contribution in [0.1, 0.15) is 45.1 Å². The number of benzene rings is 1. The molecule has 3 heteroatoms. The van der Waals surface area contributed by atoms with Crippen LogP contribution in [0.2, 0.25) is 0 Å². The molecule has 0 unspecified atom stereocenters. The van der Waals surface area contributed by atoms with Crippen LogP contribution in [0.25, 0.3) is 0 Å². The molecule has 0 aromatic heterocycles. The summed E-state index contributed by atoms with van der Waals surface area (Å²) in [6.07, 6.45) is 5.19. The molecule has 0 saturated carbocycles. The highest BCUT2D eigenvalue weighted by atomic mass is 19.1. The number of nitrogens with zero attached hydrogens (tertiary/aromatic N) is 1. The highest BCUT2D eigenvalue weighted by Crippen LogP contribution is 2.25. The van der Waals surface area contributed by atoms with Crippen molar-refractivity contribution in [1.82, 2.24) is 0 Å². The maximum atomic E-state index is 14.2. The molecule has 0 aliphatic carbocycles. The molecular weight excluding hydrogens is 239 g/mol. The van der Waals surface area contributed by atoms with Crippen LogP contribution in [0.15, 0.2) is 18.2 Å². The Morgan fingerprint density at radius 3 is 2.26 bits per heavy atom. The van der Waals surface area contributed by atoms with Gasteiger partial charge in [0.25, 0.3) is 0 Å². The second-order valence-electron chi connectivity index (χ2n) is 4.98. The van der Waals surface area contributed by atoms with E-state index in [-0.39, 0.29) is 5.82 Å². The number of hydrogen-bond acceptors (Lipinski definition) is 2. The van der Waals surface area contributed by atoms with Gasteiger partial charge in [0.1, 0.15) is 5.82 Å². The van der Waals surface area contributed by atoms with E-state index < -0.39 is 0 Å². The predicted octanol–water partition coefficient (Wildman–Crippen LogP) is 3.73. The fourth-order valence-corrected chi connectivity index (χ4v) is 2.30. The van der Waals surface area contributed by atoms with E-state index in [4.69, 9.17) is 5.73 Å². The van der Waals surface area contributed by atoms with Crippen LogP contribution in [0.5, 0.6) is 0 Å². The number of anilines is 1. The summed E-state index contributed by atoms with van der Waals surface area (Å²) >= 11 is 0. The SMILES string of the molecule is CCCCN(CCCC)c1c(F)cccc1CCN. The summed E-state index contributed by atoms with van der Waals surface area (Å²) in [6.45, 7) is 6.75. The topological polar surface area (TPSA) is 29.3 Å². The number of para-hydroxylation sites is 1. The Labute approximate surface area is 116 Å². The average molecular weight is 266 g/mol. The molecule has 1 aromatic rings. The lowest BCUT2D eigenvalue weighted by molar-refractivity contribution is 0.601. The third kappa shape index (κ3) is 4.83. The average Bonchev–Trinajstić information content (AvgIpc) is 2.41. The summed E-state index contributed by atoms with van der Waals surface area (Å²) in [5.41, 5.74) is 7.45. The lowest BCUT2D eigenvalue weighted by Gasteiger charge is -2.27. The van der Waals surface area contributed by atoms with Crippen LogP contribution in [-0.2, 0) is 6.42 Å². The molecule has 2 N–H and O–H groups in total. The first kappa shape index (κ1) is 16.0. The summed E-state index contributed by atoms with van der Waals surface area (Å²) in [7, 11) is 0. The standard InChI is InChI=1S/C16H27FN2/c1-3-5-12-19(13-6-4-2)16-14(10-11-18)8-7-9-15(16)17/h7-9H,3-6,10-13,18H2,1-2H3. The van der Waals surface area contributed by atoms with E-state index >= 15 is 0 Å². The van der Waals surface area contributed by atoms with Gasteiger partial charge in [-0.3, -0.25) is 0 Å². The second-order valence-corrected chi connectivity index (χ2v) is 4.98. The van der Waals surface area contributed by atoms with E-state index in [1.165, 1.54) is 0 Å². The summed E-state index contributed by atoms with van der Waals surface area (Å²) < 4.78 is 14.2. The van der Waals surface area contributed by atoms with Crippen molar-refractivity contribution in [1.29, 1.82) is 0 Å². The predicted molar refractivity (Wildman–Crippen MR) is 81.2 cm³/mol. The number of nitrogens with two attached hydrogens (primary N) is 1. The molecule has 0 saturated heterocycles. The third-order valence-electron chi connectivity index (χ3n) is 3.36. The molecule has 0 atom stereocenters. The van der Waals surface area contributed by atoms with Gasteiger partial charge in [-0.25, -0.2) is 4.39 Å². The zero-order chi connectivity index (χ0) is 14.1. The molecule has 0 radical (unpaired) electrons. The smallest absolute Gasteiger partial charge is 0.146 e. The van der Waals surface area contributed by atoms with Gasteiger partial charge < -0.3 is 10.6 Å². The van der Waals surface area contributed by atoms with Crippen molar-refractivity contribution >= 4 is 5.69 Å². The van der Waals surface area contributed by atoms with E-state index in [2.05, 4.69) is 18.7 Å². The summed E-state index contributed by atoms with van der Waals surface area (Å²) in [4.78, 5) is 2.20. The van der Waals surface area contributed by atoms with Gasteiger partial charge in [-0.2, -0.15) is 0 Å². The Hall–Kier alpha value is -1.09. The normalized spacial score (nSPS) is 10.7. The first-order chi connectivity index (χ1) is 9.24. The van der Waals surface area contributed by atoms with Gasteiger partial charge in [-0.05, 0) is 37.4 Å². The fraction of sp³-hybridized carbons (Fsp3) is 0.625. The minimum absolute atomic E-state index is 0.113. The van der Waals surface area contributed by atoms with Crippen molar-refractivity contribution < 1.29 is 4.39 Å². The van der Waals surface area contributed by atoms with E-state index in [0.29, 0.717) is 6.54 Å². The Morgan fingerprint density at radius 1 is 1.11 bits per heavy atom. The van der Waals surface area contributed by atoms with Crippen molar-refractivity contribution in [3.05, 3.63) is 29.6 Å². The molecule has 2 nitrogen and oxygen atoms in total. The second kappa shape index (κ2) is 8.92. The molecule has 0 fully saturated rings. The Bertz CT molecular complexity index is 358. The van der Waals surface area contributed by atoms with E-state index in [0.717, 1.165) is 56.4 Å². The zero-order valence-electron chi connectivity index (χ0n) is 12.3. The van der Waals surface area contributed by atoms with Crippen LogP contribution < -0.4 is 10.6 Å². The van der Waals surface area contributed by atoms with Crippen molar-refractivity contribution in [2.24, 2.45) is 5.73 Å². The quantitative estimate of drug-likeness (QED) is 0.738. The Balaban J connectivity index is 2.97. The van der Waals surface area contributed by atoms with Crippen molar-refractivity contribution in [3.63, 3.8) is 0 Å². The summed E-state index contributed by atoms with van der Waals surface area (Å²) in [5.74, 6) is -0.113. The van der Waals surface area contributed by atoms with Gasteiger partial charge in [0.15, 0.2) is 0 Å². The summed E-state index contributed by atoms with van der Waals surface area (Å²) in [6, 6.07) is 5.33. The highest BCUT2D eigenvalue weighted by molar-refractivity contribution is 5.55. The zero-order valence-corrected chi connectivity index (χ0v) is 12.3. The molecule has 0 aliphatic heterocycles. The molecule has 108 valence electrons. The molecule has 0 bridgehead atoms. The molecule has 1 aromatic carbocycles. The molecule has 0 heterocycles. The number of hydrogen-bond donors (Lipinski definition) is 1.